The maximum Gasteiger partial charge on any atom is 0.407 e. The number of unbranched alkanes of at least 4 members (excludes halogenated alkanes) is 18. The summed E-state index contributed by atoms with van der Waals surface area (Å²) >= 11 is 0. The van der Waals surface area contributed by atoms with E-state index < -0.39 is 23.2 Å². The van der Waals surface area contributed by atoms with Crippen LogP contribution in [-0.2, 0) is 67.5 Å². The molecule has 1 aromatic heterocycles. The van der Waals surface area contributed by atoms with Gasteiger partial charge in [-0.2, -0.15) is 20.0 Å². The zero-order valence-corrected chi connectivity index (χ0v) is 57.5. The average Bonchev–Trinajstić information content (AvgIpc) is 0.795. The first-order valence-corrected chi connectivity index (χ1v) is 31.9. The predicted molar refractivity (Wildman–Crippen MR) is 370 cm³/mol. The van der Waals surface area contributed by atoms with Gasteiger partial charge in [-0.1, -0.05) is 76.7 Å². The Balaban J connectivity index is 0. The van der Waals surface area contributed by atoms with Crippen molar-refractivity contribution in [1.82, 2.24) is 28.8 Å². The number of nitrogens with zero attached hydrogens (tertiary/aromatic N) is 14. The Labute approximate surface area is 581 Å². The van der Waals surface area contributed by atoms with Gasteiger partial charge in [-0.25, -0.2) is 120 Å². The Morgan fingerprint density at radius 3 is 1.10 bits per heavy atom. The highest BCUT2D eigenvalue weighted by Gasteiger charge is 2.42. The molecule has 1 N–H and O–H groups in total. The number of nitrogens with one attached hydrogen (secondary N) is 1. The second kappa shape index (κ2) is 58.8. The van der Waals surface area contributed by atoms with Crippen LogP contribution in [0.2, 0.25) is 0 Å². The molecular weight excluding hydrogens is 1370 g/mol. The number of rotatable bonds is 46. The summed E-state index contributed by atoms with van der Waals surface area (Å²) in [5.74, 6) is 0. The van der Waals surface area contributed by atoms with Crippen LogP contribution < -0.4 is 22.4 Å². The number of hydrogen-bond donors (Lipinski definition) is 1. The smallest absolute Gasteiger partial charge is 0.407 e. The van der Waals surface area contributed by atoms with Crippen molar-refractivity contribution in [2.75, 3.05) is 59.0 Å². The van der Waals surface area contributed by atoms with Crippen molar-refractivity contribution in [3.05, 3.63) is 79.0 Å². The van der Waals surface area contributed by atoms with Gasteiger partial charge >= 0.3 is 35.2 Å². The summed E-state index contributed by atoms with van der Waals surface area (Å²) < 4.78 is 18.6. The molecule has 0 radical (unpaired) electrons. The van der Waals surface area contributed by atoms with Crippen molar-refractivity contribution in [2.45, 2.75) is 188 Å². The van der Waals surface area contributed by atoms with Crippen LogP contribution in [0, 0.1) is 13.8 Å². The lowest BCUT2D eigenvalue weighted by molar-refractivity contribution is 0.103. The summed E-state index contributed by atoms with van der Waals surface area (Å²) in [6, 6.07) is 9.22. The maximum absolute atomic E-state index is 13.0. The van der Waals surface area contributed by atoms with Gasteiger partial charge in [-0.3, -0.25) is 0 Å². The highest BCUT2D eigenvalue weighted by molar-refractivity contribution is 14.0. The van der Waals surface area contributed by atoms with Gasteiger partial charge in [0.1, 0.15) is 0 Å². The number of urea groups is 2. The van der Waals surface area contributed by atoms with E-state index in [2.05, 4.69) is 50.2 Å². The Hall–Kier alpha value is -9.79. The van der Waals surface area contributed by atoms with Crippen LogP contribution in [0.5, 0.6) is 0 Å². The second-order valence-corrected chi connectivity index (χ2v) is 21.3. The molecule has 0 atom stereocenters. The number of carbonyl (C=O) groups excluding carboxylic acids is 12. The Morgan fingerprint density at radius 2 is 0.732 bits per heavy atom. The molecule has 1 saturated heterocycles. The second-order valence-electron chi connectivity index (χ2n) is 21.3. The minimum atomic E-state index is -0.593. The van der Waals surface area contributed by atoms with Crippen molar-refractivity contribution in [3.8, 4) is 0 Å². The third-order valence-electron chi connectivity index (χ3n) is 14.3. The number of aryl methyl sites for hydroxylation is 2. The van der Waals surface area contributed by atoms with Crippen molar-refractivity contribution in [3.63, 3.8) is 0 Å². The molecule has 5 amide bonds. The standard InChI is InChI=1S/C24H36N6O6.C23H37N5O6.2C9H6N2O2.HI.H2/c31-19-25-13-7-1-4-10-16-28-22(34)29(17-11-5-2-8-14-26-20-32)24(36)30(23(28)35)18-12-6-3-9-15-27-21-33;29-19-24-13-7-1-2-9-15-26-21(31)34-18-12-6-5-11-17-28-22(32)27(23(28)33)16-10-4-3-8-14-25-20-30;1-7-4-8(10-5-12)2-3-9(7)11-6-13;1-7-2-3-8(10-5-12)4-9(7)11-6-13;;/h1-18H2;1-18H2,(H,26,31);2*2-4H,1H3;2*1H/i;;;;;1+2D. The summed E-state index contributed by atoms with van der Waals surface area (Å²) in [4.78, 5) is 199. The fourth-order valence-corrected chi connectivity index (χ4v) is 9.16. The topological polar surface area (TPSA) is 410 Å². The molecular formula is C65H88IN15O16. The van der Waals surface area contributed by atoms with Crippen molar-refractivity contribution in [2.24, 2.45) is 44.9 Å². The highest BCUT2D eigenvalue weighted by Crippen LogP contribution is 2.25. The summed E-state index contributed by atoms with van der Waals surface area (Å²) in [5.41, 5.74) is 1.73. The maximum atomic E-state index is 13.0. The molecule has 31 nitrogen and oxygen atoms in total. The van der Waals surface area contributed by atoms with Crippen LogP contribution in [-0.4, -0.2) is 155 Å². The average molecular weight is 1470 g/mol. The third-order valence-corrected chi connectivity index (χ3v) is 14.3. The van der Waals surface area contributed by atoms with Crippen molar-refractivity contribution in [1.29, 1.82) is 0 Å². The Morgan fingerprint density at radius 1 is 0.402 bits per heavy atom. The van der Waals surface area contributed by atoms with Gasteiger partial charge < -0.3 is 10.1 Å². The lowest BCUT2D eigenvalue weighted by atomic mass is 10.1. The van der Waals surface area contributed by atoms with E-state index in [1.54, 1.807) is 44.2 Å². The lowest BCUT2D eigenvalue weighted by Gasteiger charge is -2.39. The van der Waals surface area contributed by atoms with Crippen LogP contribution in [0.4, 0.5) is 37.1 Å². The molecule has 0 aliphatic carbocycles. The summed E-state index contributed by atoms with van der Waals surface area (Å²) in [6.07, 6.45) is 31.5. The number of alkyl carbamates (subject to hydrolysis) is 1. The molecule has 0 bridgehead atoms. The van der Waals surface area contributed by atoms with Crippen molar-refractivity contribution < 1.29 is 65.2 Å². The number of benzene rings is 2. The zero-order chi connectivity index (χ0) is 72.7. The normalized spacial score (nSPS) is 10.6. The lowest BCUT2D eigenvalue weighted by Crippen LogP contribution is -2.64. The fraction of sp³-hybridized carbons (Fsp3) is 0.585. The van der Waals surface area contributed by atoms with Gasteiger partial charge in [0.2, 0.25) is 54.7 Å². The highest BCUT2D eigenvalue weighted by atomic mass is 127. The first-order valence-electron chi connectivity index (χ1n) is 32.9. The number of ether oxygens (including phenoxy) is 1. The van der Waals surface area contributed by atoms with Crippen LogP contribution in [0.1, 0.15) is 168 Å². The summed E-state index contributed by atoms with van der Waals surface area (Å²) in [5, 5.41) is 2.71. The molecule has 1 fully saturated rings. The van der Waals surface area contributed by atoms with E-state index in [1.165, 1.54) is 70.6 Å². The minimum Gasteiger partial charge on any atom is -0.450 e. The molecule has 3 aromatic rings. The largest absolute Gasteiger partial charge is 0.450 e. The van der Waals surface area contributed by atoms with Crippen LogP contribution in [0.15, 0.2) is 95.7 Å². The molecule has 2 heterocycles. The van der Waals surface area contributed by atoms with E-state index in [-0.39, 0.29) is 55.7 Å². The SMILES string of the molecule is Cc1cc(N=C=O)ccc1N=C=O.Cc1ccc(N=C=O)cc1N=C=O.I.O=C=NCCCCCCNC(=O)OCCCCCCN1C(=O)N(CCCCCCN=C=O)C1=O.O=C=NCCCCCCn1c(=O)n(CCCCCCN=C=O)c(=O)n(CCCCCCN=C=O)c1=O.[2H][3H]. The van der Waals surface area contributed by atoms with Crippen LogP contribution >= 0.6 is 24.0 Å². The molecule has 4 rings (SSSR count). The van der Waals surface area contributed by atoms with E-state index >= 15 is 0 Å². The zero-order valence-electron chi connectivity index (χ0n) is 57.1. The molecule has 1 aliphatic rings. The molecule has 526 valence electrons. The molecule has 2 aromatic carbocycles. The Kier molecular flexibility index (Phi) is 51.6. The number of aliphatic imine (C=N–C) groups is 9. The van der Waals surface area contributed by atoms with E-state index in [4.69, 9.17) is 7.71 Å². The Bertz CT molecular complexity index is 3370. The first kappa shape index (κ1) is 85.2. The number of carbonyl (C=O) groups is 3. The van der Waals surface area contributed by atoms with Gasteiger partial charge in [-0.05, 0) is 139 Å². The van der Waals surface area contributed by atoms with Gasteiger partial charge in [0, 0.05) is 42.2 Å². The number of imide groups is 2. The molecule has 0 saturated carbocycles. The van der Waals surface area contributed by atoms with Crippen LogP contribution in [0.3, 0.4) is 0 Å². The molecule has 0 spiro atoms. The number of halogens is 1. The van der Waals surface area contributed by atoms with Gasteiger partial charge in [-0.15, -0.1) is 24.0 Å². The van der Waals surface area contributed by atoms with Gasteiger partial charge in [0.15, 0.2) is 0 Å². The van der Waals surface area contributed by atoms with Gasteiger partial charge in [0.25, 0.3) is 0 Å². The van der Waals surface area contributed by atoms with Crippen LogP contribution in [0.25, 0.3) is 0 Å². The van der Waals surface area contributed by atoms with Crippen molar-refractivity contribution >= 4 is 120 Å². The number of hydrogen-bond acceptors (Lipinski definition) is 25. The summed E-state index contributed by atoms with van der Waals surface area (Å²) in [7, 11) is 0. The number of amides is 5. The molecule has 1 aliphatic heterocycles. The molecule has 97 heavy (non-hydrogen) atoms. The van der Waals surface area contributed by atoms with E-state index in [0.717, 1.165) is 160 Å². The minimum absolute atomic E-state index is 0. The predicted octanol–water partition coefficient (Wildman–Crippen LogP) is 10.5. The number of isocyanates is 9. The molecule has 32 heteroatoms. The summed E-state index contributed by atoms with van der Waals surface area (Å²) in [6.45, 7) is 8.14. The molecule has 0 unspecified atom stereocenters. The fourth-order valence-electron chi connectivity index (χ4n) is 9.16. The van der Waals surface area contributed by atoms with E-state index in [1.807, 2.05) is 0 Å². The van der Waals surface area contributed by atoms with Gasteiger partial charge in [0.05, 0.1) is 62.1 Å². The van der Waals surface area contributed by atoms with E-state index in [9.17, 15) is 71.9 Å². The van der Waals surface area contributed by atoms with E-state index in [0.29, 0.717) is 101 Å². The monoisotopic (exact) mass is 1460 g/mol. The third kappa shape index (κ3) is 39.6. The number of aromatic nitrogens is 3. The quantitative estimate of drug-likeness (QED) is 0.0238. The first-order chi connectivity index (χ1) is 47.7.